The third-order valence-electron chi connectivity index (χ3n) is 3.85. The Labute approximate surface area is 123 Å². The van der Waals surface area contributed by atoms with E-state index in [9.17, 15) is 4.79 Å². The summed E-state index contributed by atoms with van der Waals surface area (Å²) < 4.78 is 0. The Hall–Kier alpha value is -1.92. The van der Waals surface area contributed by atoms with Crippen molar-refractivity contribution in [2.45, 2.75) is 6.42 Å². The Balaban J connectivity index is 1.47. The van der Waals surface area contributed by atoms with Gasteiger partial charge in [-0.25, -0.2) is 4.98 Å². The number of pyridine rings is 1. The largest absolute Gasteiger partial charge is 0.355 e. The lowest BCUT2D eigenvalue weighted by atomic mass is 10.1. The van der Waals surface area contributed by atoms with E-state index in [0.717, 1.165) is 49.3 Å². The van der Waals surface area contributed by atoms with Gasteiger partial charge in [0, 0.05) is 57.0 Å². The average molecular weight is 287 g/mol. The molecule has 3 heterocycles. The first-order chi connectivity index (χ1) is 10.3. The van der Waals surface area contributed by atoms with Crippen molar-refractivity contribution >= 4 is 16.9 Å². The molecule has 2 aromatic rings. The molecule has 1 aliphatic heterocycles. The number of carbonyl (C=O) groups is 1. The number of nitrogens with zero attached hydrogens (tertiary/aromatic N) is 2. The molecule has 0 unspecified atom stereocenters. The van der Waals surface area contributed by atoms with Crippen LogP contribution in [-0.4, -0.2) is 60.0 Å². The molecule has 0 bridgehead atoms. The van der Waals surface area contributed by atoms with Gasteiger partial charge in [-0.05, 0) is 17.7 Å². The normalized spacial score (nSPS) is 16.2. The highest BCUT2D eigenvalue weighted by atomic mass is 16.1. The first-order valence-electron chi connectivity index (χ1n) is 7.44. The van der Waals surface area contributed by atoms with Crippen LogP contribution >= 0.6 is 0 Å². The van der Waals surface area contributed by atoms with E-state index < -0.39 is 0 Å². The van der Waals surface area contributed by atoms with Gasteiger partial charge < -0.3 is 15.6 Å². The van der Waals surface area contributed by atoms with Gasteiger partial charge in [-0.15, -0.1) is 0 Å². The summed E-state index contributed by atoms with van der Waals surface area (Å²) in [6, 6.07) is 3.88. The van der Waals surface area contributed by atoms with Gasteiger partial charge in [-0.3, -0.25) is 9.69 Å². The van der Waals surface area contributed by atoms with Crippen molar-refractivity contribution in [1.82, 2.24) is 25.5 Å². The quantitative estimate of drug-likeness (QED) is 0.731. The minimum Gasteiger partial charge on any atom is -0.355 e. The predicted octanol–water partition coefficient (Wildman–Crippen LogP) is 0.127. The van der Waals surface area contributed by atoms with Crippen molar-refractivity contribution in [2.75, 3.05) is 39.3 Å². The van der Waals surface area contributed by atoms with E-state index in [-0.39, 0.29) is 5.91 Å². The third-order valence-corrected chi connectivity index (χ3v) is 3.85. The summed E-state index contributed by atoms with van der Waals surface area (Å²) in [5.41, 5.74) is 1.83. The lowest BCUT2D eigenvalue weighted by molar-refractivity contribution is -0.120. The number of aromatic amines is 1. The Bertz CT molecular complexity index is 603. The van der Waals surface area contributed by atoms with E-state index >= 15 is 0 Å². The highest BCUT2D eigenvalue weighted by Crippen LogP contribution is 2.15. The van der Waals surface area contributed by atoms with E-state index in [0.29, 0.717) is 13.0 Å². The molecule has 6 nitrogen and oxygen atoms in total. The maximum atomic E-state index is 12.0. The van der Waals surface area contributed by atoms with Crippen molar-refractivity contribution in [1.29, 1.82) is 0 Å². The summed E-state index contributed by atoms with van der Waals surface area (Å²) in [7, 11) is 0. The number of nitrogens with one attached hydrogen (secondary N) is 3. The first-order valence-corrected chi connectivity index (χ1v) is 7.44. The van der Waals surface area contributed by atoms with Crippen LogP contribution in [0, 0.1) is 0 Å². The average Bonchev–Trinajstić information content (AvgIpc) is 2.92. The molecule has 0 saturated carbocycles. The summed E-state index contributed by atoms with van der Waals surface area (Å²) in [5, 5.41) is 7.34. The monoisotopic (exact) mass is 287 g/mol. The molecule has 3 rings (SSSR count). The number of piperazine rings is 1. The fourth-order valence-corrected chi connectivity index (χ4v) is 2.68. The Morgan fingerprint density at radius 1 is 1.38 bits per heavy atom. The minimum atomic E-state index is 0.0647. The SMILES string of the molecule is O=C(Cc1c[nH]c2ncccc12)NCCN1CCNCC1. The summed E-state index contributed by atoms with van der Waals surface area (Å²) >= 11 is 0. The van der Waals surface area contributed by atoms with Crippen molar-refractivity contribution < 1.29 is 4.79 Å². The first kappa shape index (κ1) is 14.0. The van der Waals surface area contributed by atoms with Crippen LogP contribution in [0.1, 0.15) is 5.56 Å². The molecular formula is C15H21N5O. The number of rotatable bonds is 5. The van der Waals surface area contributed by atoms with Crippen LogP contribution < -0.4 is 10.6 Å². The van der Waals surface area contributed by atoms with Crippen molar-refractivity contribution in [3.63, 3.8) is 0 Å². The van der Waals surface area contributed by atoms with Crippen LogP contribution in [0.25, 0.3) is 11.0 Å². The third kappa shape index (κ3) is 3.59. The molecule has 1 amide bonds. The number of carbonyl (C=O) groups excluding carboxylic acids is 1. The zero-order chi connectivity index (χ0) is 14.5. The van der Waals surface area contributed by atoms with Crippen molar-refractivity contribution in [3.8, 4) is 0 Å². The Kier molecular flexibility index (Phi) is 4.47. The maximum absolute atomic E-state index is 12.0. The van der Waals surface area contributed by atoms with Crippen molar-refractivity contribution in [3.05, 3.63) is 30.1 Å². The van der Waals surface area contributed by atoms with Gasteiger partial charge in [0.25, 0.3) is 0 Å². The number of amides is 1. The molecule has 0 atom stereocenters. The molecule has 0 aliphatic carbocycles. The van der Waals surface area contributed by atoms with Gasteiger partial charge in [0.2, 0.25) is 5.91 Å². The number of hydrogen-bond donors (Lipinski definition) is 3. The lowest BCUT2D eigenvalue weighted by Gasteiger charge is -2.27. The van der Waals surface area contributed by atoms with E-state index in [1.54, 1.807) is 6.20 Å². The Morgan fingerprint density at radius 2 is 2.24 bits per heavy atom. The van der Waals surface area contributed by atoms with Crippen LogP contribution in [0.4, 0.5) is 0 Å². The molecule has 0 aromatic carbocycles. The van der Waals surface area contributed by atoms with E-state index in [1.165, 1.54) is 0 Å². The summed E-state index contributed by atoms with van der Waals surface area (Å²) in [5.74, 6) is 0.0647. The zero-order valence-corrected chi connectivity index (χ0v) is 12.1. The lowest BCUT2D eigenvalue weighted by Crippen LogP contribution is -2.46. The van der Waals surface area contributed by atoms with Gasteiger partial charge in [-0.1, -0.05) is 0 Å². The van der Waals surface area contributed by atoms with E-state index in [4.69, 9.17) is 0 Å². The molecule has 2 aromatic heterocycles. The van der Waals surface area contributed by atoms with Crippen LogP contribution in [0.3, 0.4) is 0 Å². The van der Waals surface area contributed by atoms with Gasteiger partial charge in [0.05, 0.1) is 6.42 Å². The molecule has 112 valence electrons. The predicted molar refractivity (Wildman–Crippen MR) is 82.1 cm³/mol. The standard InChI is InChI=1S/C15H21N5O/c21-14(17-6-9-20-7-4-16-5-8-20)10-12-11-19-15-13(12)2-1-3-18-15/h1-3,11,16H,4-10H2,(H,17,21)(H,18,19). The molecule has 21 heavy (non-hydrogen) atoms. The zero-order valence-electron chi connectivity index (χ0n) is 12.1. The molecule has 3 N–H and O–H groups in total. The molecule has 0 spiro atoms. The second-order valence-electron chi connectivity index (χ2n) is 5.33. The summed E-state index contributed by atoms with van der Waals surface area (Å²) in [6.45, 7) is 5.82. The number of aromatic nitrogens is 2. The molecule has 1 saturated heterocycles. The maximum Gasteiger partial charge on any atom is 0.224 e. The van der Waals surface area contributed by atoms with Gasteiger partial charge in [0.15, 0.2) is 0 Å². The topological polar surface area (TPSA) is 73.0 Å². The second-order valence-corrected chi connectivity index (χ2v) is 5.33. The second kappa shape index (κ2) is 6.69. The van der Waals surface area contributed by atoms with Crippen LogP contribution in [0.5, 0.6) is 0 Å². The minimum absolute atomic E-state index is 0.0647. The smallest absolute Gasteiger partial charge is 0.224 e. The van der Waals surface area contributed by atoms with Gasteiger partial charge in [-0.2, -0.15) is 0 Å². The number of hydrogen-bond acceptors (Lipinski definition) is 4. The Morgan fingerprint density at radius 3 is 3.10 bits per heavy atom. The summed E-state index contributed by atoms with van der Waals surface area (Å²) in [4.78, 5) is 21.7. The fourth-order valence-electron chi connectivity index (χ4n) is 2.68. The number of H-pyrrole nitrogens is 1. The molecule has 1 fully saturated rings. The highest BCUT2D eigenvalue weighted by Gasteiger charge is 2.11. The van der Waals surface area contributed by atoms with Crippen molar-refractivity contribution in [2.24, 2.45) is 0 Å². The summed E-state index contributed by atoms with van der Waals surface area (Å²) in [6.07, 6.45) is 4.01. The fraction of sp³-hybridized carbons (Fsp3) is 0.467. The molecule has 0 radical (unpaired) electrons. The van der Waals surface area contributed by atoms with Crippen LogP contribution in [0.15, 0.2) is 24.5 Å². The number of fused-ring (bicyclic) bond motifs is 1. The van der Waals surface area contributed by atoms with Gasteiger partial charge >= 0.3 is 0 Å². The molecule has 1 aliphatic rings. The van der Waals surface area contributed by atoms with Crippen LogP contribution in [0.2, 0.25) is 0 Å². The molecule has 6 heteroatoms. The van der Waals surface area contributed by atoms with Gasteiger partial charge in [0.1, 0.15) is 5.65 Å². The van der Waals surface area contributed by atoms with E-state index in [2.05, 4.69) is 25.5 Å². The van der Waals surface area contributed by atoms with E-state index in [1.807, 2.05) is 18.3 Å². The van der Waals surface area contributed by atoms with Crippen LogP contribution in [-0.2, 0) is 11.2 Å². The highest BCUT2D eigenvalue weighted by molar-refractivity contribution is 5.86. The molecular weight excluding hydrogens is 266 g/mol.